The molecule has 228 valence electrons. The summed E-state index contributed by atoms with van der Waals surface area (Å²) in [6.45, 7) is 2.73. The molecule has 1 aliphatic heterocycles. The third kappa shape index (κ3) is 7.67. The predicted molar refractivity (Wildman–Crippen MR) is 171 cm³/mol. The summed E-state index contributed by atoms with van der Waals surface area (Å²) in [5.41, 5.74) is 11.1. The van der Waals surface area contributed by atoms with Crippen molar-refractivity contribution in [1.29, 1.82) is 0 Å². The number of thioether (sulfide) groups is 1. The van der Waals surface area contributed by atoms with Gasteiger partial charge in [0.1, 0.15) is 0 Å². The van der Waals surface area contributed by atoms with E-state index < -0.39 is 24.3 Å². The third-order valence-electron chi connectivity index (χ3n) is 7.43. The van der Waals surface area contributed by atoms with E-state index in [-0.39, 0.29) is 24.7 Å². The number of aliphatic hydroxyl groups excluding tert-OH is 1. The van der Waals surface area contributed by atoms with Gasteiger partial charge in [0.05, 0.1) is 18.8 Å². The smallest absolute Gasteiger partial charge is 0.303 e. The minimum absolute atomic E-state index is 0.0496. The van der Waals surface area contributed by atoms with Gasteiger partial charge in [-0.1, -0.05) is 78.9 Å². The lowest BCUT2D eigenvalue weighted by Crippen LogP contribution is -2.38. The monoisotopic (exact) mass is 612 g/mol. The molecule has 4 N–H and O–H groups in total. The van der Waals surface area contributed by atoms with Crippen molar-refractivity contribution in [3.05, 3.63) is 125 Å². The number of hydrogen-bond donors (Lipinski definition) is 3. The predicted octanol–water partition coefficient (Wildman–Crippen LogP) is 6.38. The Balaban J connectivity index is 1.49. The van der Waals surface area contributed by atoms with E-state index in [1.807, 2.05) is 78.9 Å². The molecule has 8 nitrogen and oxygen atoms in total. The standard InChI is InChI=1S/C35H36N2O6S/c1-22(41-23(2)39)34(40)37-28-12-8-11-27(19-28)35-42-30(21-44-31-14-7-6-13-29(31)36)32(25-9-4-3-5-10-25)33(43-35)26-17-15-24(20-38)16-18-26/h3-19,22,30,32-33,35,38H,20-21,36H2,1-2H3,(H,37,40). The van der Waals surface area contributed by atoms with Gasteiger partial charge in [0.25, 0.3) is 5.91 Å². The van der Waals surface area contributed by atoms with Crippen molar-refractivity contribution in [3.63, 3.8) is 0 Å². The van der Waals surface area contributed by atoms with Gasteiger partial charge in [0.2, 0.25) is 0 Å². The Hall–Kier alpha value is -4.15. The van der Waals surface area contributed by atoms with E-state index in [9.17, 15) is 14.7 Å². The molecule has 1 amide bonds. The number of nitrogens with one attached hydrogen (secondary N) is 1. The minimum atomic E-state index is -0.942. The molecule has 0 aliphatic carbocycles. The molecule has 0 bridgehead atoms. The molecule has 5 unspecified atom stereocenters. The van der Waals surface area contributed by atoms with E-state index in [1.54, 1.807) is 23.9 Å². The highest BCUT2D eigenvalue weighted by atomic mass is 32.2. The maximum atomic E-state index is 12.6. The van der Waals surface area contributed by atoms with Crippen LogP contribution in [0, 0.1) is 0 Å². The lowest BCUT2D eigenvalue weighted by atomic mass is 9.84. The third-order valence-corrected chi connectivity index (χ3v) is 8.61. The number of amides is 1. The van der Waals surface area contributed by atoms with Crippen LogP contribution in [0.1, 0.15) is 54.4 Å². The van der Waals surface area contributed by atoms with Gasteiger partial charge in [-0.25, -0.2) is 0 Å². The number of nitrogens with two attached hydrogens (primary N) is 1. The van der Waals surface area contributed by atoms with E-state index in [4.69, 9.17) is 19.9 Å². The zero-order valence-electron chi connectivity index (χ0n) is 24.6. The van der Waals surface area contributed by atoms with Gasteiger partial charge in [-0.15, -0.1) is 11.8 Å². The average molecular weight is 613 g/mol. The minimum Gasteiger partial charge on any atom is -0.453 e. The fourth-order valence-corrected chi connectivity index (χ4v) is 6.28. The molecule has 1 saturated heterocycles. The van der Waals surface area contributed by atoms with Gasteiger partial charge in [-0.2, -0.15) is 0 Å². The van der Waals surface area contributed by atoms with Crippen molar-refractivity contribution in [2.75, 3.05) is 16.8 Å². The Bertz CT molecular complexity index is 1570. The first-order valence-electron chi connectivity index (χ1n) is 14.4. The summed E-state index contributed by atoms with van der Waals surface area (Å²) in [6.07, 6.45) is -2.36. The van der Waals surface area contributed by atoms with Crippen LogP contribution in [0.3, 0.4) is 0 Å². The first-order valence-corrected chi connectivity index (χ1v) is 15.4. The lowest BCUT2D eigenvalue weighted by Gasteiger charge is -2.43. The van der Waals surface area contributed by atoms with Crippen molar-refractivity contribution < 1.29 is 28.9 Å². The Morgan fingerprint density at radius 2 is 1.61 bits per heavy atom. The molecule has 4 aromatic carbocycles. The maximum Gasteiger partial charge on any atom is 0.303 e. The van der Waals surface area contributed by atoms with E-state index in [1.165, 1.54) is 13.8 Å². The molecular formula is C35H36N2O6S. The number of para-hydroxylation sites is 1. The molecule has 0 saturated carbocycles. The number of aliphatic hydroxyl groups is 1. The number of carbonyl (C=O) groups excluding carboxylic acids is 2. The maximum absolute atomic E-state index is 12.6. The van der Waals surface area contributed by atoms with Crippen molar-refractivity contribution in [3.8, 4) is 0 Å². The molecule has 0 aromatic heterocycles. The topological polar surface area (TPSA) is 120 Å². The van der Waals surface area contributed by atoms with Gasteiger partial charge in [-0.05, 0) is 47.9 Å². The van der Waals surface area contributed by atoms with Crippen molar-refractivity contribution in [2.24, 2.45) is 0 Å². The number of rotatable bonds is 10. The SMILES string of the molecule is CC(=O)OC(C)C(=O)Nc1cccc(C2OC(CSc3ccccc3N)C(c3ccccc3)C(c3ccc(CO)cc3)O2)c1. The second-order valence-electron chi connectivity index (χ2n) is 10.6. The van der Waals surface area contributed by atoms with Crippen LogP contribution in [0.4, 0.5) is 11.4 Å². The van der Waals surface area contributed by atoms with E-state index in [2.05, 4.69) is 17.4 Å². The van der Waals surface area contributed by atoms with Crippen LogP contribution in [-0.2, 0) is 30.4 Å². The molecule has 1 heterocycles. The zero-order valence-corrected chi connectivity index (χ0v) is 25.4. The highest BCUT2D eigenvalue weighted by Crippen LogP contribution is 2.48. The van der Waals surface area contributed by atoms with Crippen molar-refractivity contribution in [1.82, 2.24) is 0 Å². The number of carbonyl (C=O) groups is 2. The van der Waals surface area contributed by atoms with E-state index in [0.717, 1.165) is 27.1 Å². The normalized spacial score (nSPS) is 20.4. The Labute approximate surface area is 261 Å². The summed E-state index contributed by atoms with van der Waals surface area (Å²) in [4.78, 5) is 24.9. The fourth-order valence-electron chi connectivity index (χ4n) is 5.24. The lowest BCUT2D eigenvalue weighted by molar-refractivity contribution is -0.255. The first-order chi connectivity index (χ1) is 21.3. The van der Waals surface area contributed by atoms with Gasteiger partial charge in [0, 0.05) is 40.4 Å². The number of esters is 1. The fraction of sp³-hybridized carbons (Fsp3) is 0.257. The number of benzene rings is 4. The second-order valence-corrected chi connectivity index (χ2v) is 11.7. The highest BCUT2D eigenvalue weighted by molar-refractivity contribution is 7.99. The molecule has 1 fully saturated rings. The Morgan fingerprint density at radius 3 is 2.32 bits per heavy atom. The Kier molecular flexibility index (Phi) is 10.3. The average Bonchev–Trinajstić information content (AvgIpc) is 3.04. The van der Waals surface area contributed by atoms with Gasteiger partial charge < -0.3 is 30.4 Å². The largest absolute Gasteiger partial charge is 0.453 e. The molecule has 1 aliphatic rings. The summed E-state index contributed by atoms with van der Waals surface area (Å²) in [6, 6.07) is 33.0. The van der Waals surface area contributed by atoms with E-state index in [0.29, 0.717) is 17.1 Å². The van der Waals surface area contributed by atoms with Crippen LogP contribution >= 0.6 is 11.8 Å². The Morgan fingerprint density at radius 1 is 0.909 bits per heavy atom. The first kappa shape index (κ1) is 31.3. The molecule has 0 radical (unpaired) electrons. The van der Waals surface area contributed by atoms with Crippen LogP contribution < -0.4 is 11.1 Å². The van der Waals surface area contributed by atoms with Crippen LogP contribution in [0.15, 0.2) is 108 Å². The molecule has 5 rings (SSSR count). The van der Waals surface area contributed by atoms with Crippen LogP contribution in [0.25, 0.3) is 0 Å². The zero-order chi connectivity index (χ0) is 31.1. The quantitative estimate of drug-likeness (QED) is 0.107. The molecule has 44 heavy (non-hydrogen) atoms. The molecule has 4 aromatic rings. The van der Waals surface area contributed by atoms with Gasteiger partial charge in [0.15, 0.2) is 12.4 Å². The van der Waals surface area contributed by atoms with Crippen LogP contribution in [-0.4, -0.2) is 34.9 Å². The van der Waals surface area contributed by atoms with Gasteiger partial charge >= 0.3 is 5.97 Å². The summed E-state index contributed by atoms with van der Waals surface area (Å²) < 4.78 is 18.5. The van der Waals surface area contributed by atoms with Crippen LogP contribution in [0.5, 0.6) is 0 Å². The number of anilines is 2. The number of hydrogen-bond acceptors (Lipinski definition) is 8. The summed E-state index contributed by atoms with van der Waals surface area (Å²) in [5.74, 6) is -0.520. The second kappa shape index (κ2) is 14.5. The van der Waals surface area contributed by atoms with E-state index >= 15 is 0 Å². The molecule has 9 heteroatoms. The molecule has 5 atom stereocenters. The molecule has 0 spiro atoms. The van der Waals surface area contributed by atoms with Gasteiger partial charge in [-0.3, -0.25) is 9.59 Å². The highest BCUT2D eigenvalue weighted by Gasteiger charge is 2.42. The summed E-state index contributed by atoms with van der Waals surface area (Å²) >= 11 is 1.64. The van der Waals surface area contributed by atoms with Crippen molar-refractivity contribution >= 4 is 35.0 Å². The molecular weight excluding hydrogens is 576 g/mol. The number of nitrogen functional groups attached to an aromatic ring is 1. The van der Waals surface area contributed by atoms with Crippen molar-refractivity contribution in [2.45, 2.75) is 55.9 Å². The summed E-state index contributed by atoms with van der Waals surface area (Å²) in [7, 11) is 0. The number of ether oxygens (including phenoxy) is 3. The summed E-state index contributed by atoms with van der Waals surface area (Å²) in [5, 5.41) is 12.5. The van der Waals surface area contributed by atoms with Crippen LogP contribution in [0.2, 0.25) is 0 Å².